The number of thiazole rings is 1. The molecule has 3 aromatic rings. The maximum Gasteiger partial charge on any atom is 0.441 e. The van der Waals surface area contributed by atoms with Crippen molar-refractivity contribution in [2.45, 2.75) is 19.9 Å². The number of pyridine rings is 1. The third kappa shape index (κ3) is 2.39. The first-order chi connectivity index (χ1) is 9.75. The smallest absolute Gasteiger partial charge is 0.295 e. The largest absolute Gasteiger partial charge is 0.441 e. The highest BCUT2D eigenvalue weighted by Gasteiger charge is 2.13. The standard InChI is InChI=1S/C13H12N4O2S/c1-9-11(20-8-15-9)4-7-17-12(16-19-13(17)18)10-2-5-14-6-3-10/h2-3,5-6,8H,4,7H2,1H3. The van der Waals surface area contributed by atoms with Crippen LogP contribution in [0.2, 0.25) is 0 Å². The van der Waals surface area contributed by atoms with Crippen LogP contribution in [0.1, 0.15) is 10.6 Å². The Balaban J connectivity index is 1.89. The van der Waals surface area contributed by atoms with Crippen molar-refractivity contribution < 1.29 is 4.52 Å². The van der Waals surface area contributed by atoms with E-state index in [0.717, 1.165) is 17.7 Å². The fourth-order valence-corrected chi connectivity index (χ4v) is 2.72. The topological polar surface area (TPSA) is 73.8 Å². The summed E-state index contributed by atoms with van der Waals surface area (Å²) in [7, 11) is 0. The predicted octanol–water partition coefficient (Wildman–Crippen LogP) is 1.91. The van der Waals surface area contributed by atoms with Gasteiger partial charge in [0.25, 0.3) is 0 Å². The summed E-state index contributed by atoms with van der Waals surface area (Å²) in [6, 6.07) is 3.59. The Hall–Kier alpha value is -2.28. The summed E-state index contributed by atoms with van der Waals surface area (Å²) >= 11 is 1.59. The van der Waals surface area contributed by atoms with Gasteiger partial charge in [-0.25, -0.2) is 9.78 Å². The molecule has 0 saturated heterocycles. The Morgan fingerprint density at radius 3 is 2.85 bits per heavy atom. The Morgan fingerprint density at radius 2 is 2.15 bits per heavy atom. The van der Waals surface area contributed by atoms with E-state index in [1.165, 1.54) is 9.44 Å². The van der Waals surface area contributed by atoms with Gasteiger partial charge in [-0.15, -0.1) is 11.3 Å². The van der Waals surface area contributed by atoms with E-state index in [0.29, 0.717) is 12.4 Å². The highest BCUT2D eigenvalue weighted by atomic mass is 32.1. The third-order valence-electron chi connectivity index (χ3n) is 3.03. The van der Waals surface area contributed by atoms with Gasteiger partial charge in [0.2, 0.25) is 0 Å². The molecule has 0 amide bonds. The second kappa shape index (κ2) is 5.38. The molecule has 0 atom stereocenters. The first-order valence-electron chi connectivity index (χ1n) is 6.11. The van der Waals surface area contributed by atoms with E-state index >= 15 is 0 Å². The van der Waals surface area contributed by atoms with Gasteiger partial charge in [-0.2, -0.15) is 0 Å². The number of aromatic nitrogens is 4. The van der Waals surface area contributed by atoms with Gasteiger partial charge in [0.1, 0.15) is 0 Å². The molecule has 0 radical (unpaired) electrons. The molecule has 0 aromatic carbocycles. The Bertz CT molecular complexity index is 760. The minimum absolute atomic E-state index is 0.445. The summed E-state index contributed by atoms with van der Waals surface area (Å²) in [5.41, 5.74) is 3.63. The zero-order chi connectivity index (χ0) is 13.9. The van der Waals surface area contributed by atoms with Gasteiger partial charge in [0.15, 0.2) is 5.82 Å². The Labute approximate surface area is 118 Å². The lowest BCUT2D eigenvalue weighted by atomic mass is 10.2. The molecule has 7 heteroatoms. The molecule has 3 heterocycles. The van der Waals surface area contributed by atoms with E-state index < -0.39 is 5.76 Å². The average molecular weight is 288 g/mol. The van der Waals surface area contributed by atoms with Crippen LogP contribution in [-0.4, -0.2) is 19.7 Å². The van der Waals surface area contributed by atoms with Crippen LogP contribution >= 0.6 is 11.3 Å². The van der Waals surface area contributed by atoms with E-state index in [2.05, 4.69) is 15.1 Å². The van der Waals surface area contributed by atoms with Gasteiger partial charge < -0.3 is 0 Å². The van der Waals surface area contributed by atoms with E-state index in [4.69, 9.17) is 4.52 Å². The number of aryl methyl sites for hydroxylation is 2. The maximum atomic E-state index is 11.8. The van der Waals surface area contributed by atoms with Crippen molar-refractivity contribution in [1.82, 2.24) is 19.7 Å². The molecule has 0 aliphatic rings. The molecule has 0 N–H and O–H groups in total. The molecule has 0 saturated carbocycles. The predicted molar refractivity (Wildman–Crippen MR) is 74.5 cm³/mol. The molecule has 0 aliphatic heterocycles. The van der Waals surface area contributed by atoms with Gasteiger partial charge in [-0.1, -0.05) is 5.16 Å². The molecule has 0 bridgehead atoms. The minimum atomic E-state index is -0.445. The summed E-state index contributed by atoms with van der Waals surface area (Å²) in [6.45, 7) is 2.48. The first-order valence-corrected chi connectivity index (χ1v) is 6.99. The van der Waals surface area contributed by atoms with E-state index in [-0.39, 0.29) is 0 Å². The summed E-state index contributed by atoms with van der Waals surface area (Å²) in [6.07, 6.45) is 4.05. The molecule has 0 fully saturated rings. The van der Waals surface area contributed by atoms with Crippen molar-refractivity contribution in [3.63, 3.8) is 0 Å². The van der Waals surface area contributed by atoms with Crippen LogP contribution in [0.3, 0.4) is 0 Å². The average Bonchev–Trinajstić information content (AvgIpc) is 3.04. The Kier molecular flexibility index (Phi) is 3.42. The highest BCUT2D eigenvalue weighted by Crippen LogP contribution is 2.17. The van der Waals surface area contributed by atoms with Crippen LogP contribution in [0.25, 0.3) is 11.4 Å². The lowest BCUT2D eigenvalue weighted by molar-refractivity contribution is 0.376. The summed E-state index contributed by atoms with van der Waals surface area (Å²) < 4.78 is 6.31. The van der Waals surface area contributed by atoms with Gasteiger partial charge in [-0.3, -0.25) is 14.1 Å². The maximum absolute atomic E-state index is 11.8. The van der Waals surface area contributed by atoms with E-state index in [1.54, 1.807) is 35.9 Å². The van der Waals surface area contributed by atoms with Crippen LogP contribution in [0.15, 0.2) is 39.4 Å². The zero-order valence-corrected chi connectivity index (χ0v) is 11.6. The van der Waals surface area contributed by atoms with Crippen LogP contribution in [0.5, 0.6) is 0 Å². The normalized spacial score (nSPS) is 10.8. The molecule has 6 nitrogen and oxygen atoms in total. The molecular weight excluding hydrogens is 276 g/mol. The van der Waals surface area contributed by atoms with Gasteiger partial charge >= 0.3 is 5.76 Å². The van der Waals surface area contributed by atoms with Crippen LogP contribution in [-0.2, 0) is 13.0 Å². The van der Waals surface area contributed by atoms with Gasteiger partial charge in [-0.05, 0) is 19.1 Å². The molecule has 3 rings (SSSR count). The summed E-state index contributed by atoms with van der Waals surface area (Å²) in [4.78, 5) is 21.1. The van der Waals surface area contributed by atoms with E-state index in [1.807, 2.05) is 12.4 Å². The molecule has 3 aromatic heterocycles. The molecule has 20 heavy (non-hydrogen) atoms. The Morgan fingerprint density at radius 1 is 1.35 bits per heavy atom. The number of nitrogens with zero attached hydrogens (tertiary/aromatic N) is 4. The lowest BCUT2D eigenvalue weighted by Gasteiger charge is -2.03. The first kappa shape index (κ1) is 12.7. The monoisotopic (exact) mass is 288 g/mol. The van der Waals surface area contributed by atoms with Crippen molar-refractivity contribution in [3.05, 3.63) is 51.2 Å². The third-order valence-corrected chi connectivity index (χ3v) is 4.03. The van der Waals surface area contributed by atoms with Crippen LogP contribution in [0, 0.1) is 6.92 Å². The molecule has 0 aliphatic carbocycles. The number of hydrogen-bond acceptors (Lipinski definition) is 6. The second-order valence-electron chi connectivity index (χ2n) is 4.27. The number of rotatable bonds is 4. The van der Waals surface area contributed by atoms with E-state index in [9.17, 15) is 4.79 Å². The molecule has 0 spiro atoms. The molecule has 0 unspecified atom stereocenters. The van der Waals surface area contributed by atoms with Crippen molar-refractivity contribution in [2.75, 3.05) is 0 Å². The fourth-order valence-electron chi connectivity index (χ4n) is 1.95. The summed E-state index contributed by atoms with van der Waals surface area (Å²) in [5.74, 6) is 0.0820. The minimum Gasteiger partial charge on any atom is -0.295 e. The van der Waals surface area contributed by atoms with Crippen molar-refractivity contribution in [1.29, 1.82) is 0 Å². The number of hydrogen-bond donors (Lipinski definition) is 0. The highest BCUT2D eigenvalue weighted by molar-refractivity contribution is 7.09. The quantitative estimate of drug-likeness (QED) is 0.733. The zero-order valence-electron chi connectivity index (χ0n) is 10.8. The van der Waals surface area contributed by atoms with Crippen LogP contribution in [0.4, 0.5) is 0 Å². The van der Waals surface area contributed by atoms with Crippen molar-refractivity contribution in [2.24, 2.45) is 0 Å². The lowest BCUT2D eigenvalue weighted by Crippen LogP contribution is -2.17. The SMILES string of the molecule is Cc1ncsc1CCn1c(-c2ccncc2)noc1=O. The molecule has 102 valence electrons. The second-order valence-corrected chi connectivity index (χ2v) is 5.21. The van der Waals surface area contributed by atoms with Crippen LogP contribution < -0.4 is 5.76 Å². The molecular formula is C13H12N4O2S. The van der Waals surface area contributed by atoms with Crippen molar-refractivity contribution >= 4 is 11.3 Å². The fraction of sp³-hybridized carbons (Fsp3) is 0.231. The van der Waals surface area contributed by atoms with Gasteiger partial charge in [0.05, 0.1) is 11.2 Å². The van der Waals surface area contributed by atoms with Gasteiger partial charge in [0, 0.05) is 35.8 Å². The summed E-state index contributed by atoms with van der Waals surface area (Å²) in [5, 5.41) is 3.84. The van der Waals surface area contributed by atoms with Crippen molar-refractivity contribution in [3.8, 4) is 11.4 Å².